The highest BCUT2D eigenvalue weighted by atomic mass is 32.1. The van der Waals surface area contributed by atoms with Crippen LogP contribution in [0.1, 0.15) is 21.5 Å². The molecular formula is C22H21N3OS. The predicted octanol–water partition coefficient (Wildman–Crippen LogP) is 4.73. The molecule has 0 aliphatic carbocycles. The van der Waals surface area contributed by atoms with Gasteiger partial charge in [-0.25, -0.2) is 0 Å². The molecule has 1 amide bonds. The molecule has 0 saturated carbocycles. The molecule has 0 saturated heterocycles. The lowest BCUT2D eigenvalue weighted by molar-refractivity contribution is 0.102. The maximum Gasteiger partial charge on any atom is 0.257 e. The molecule has 3 aromatic carbocycles. The van der Waals surface area contributed by atoms with Crippen molar-refractivity contribution in [1.29, 1.82) is 0 Å². The summed E-state index contributed by atoms with van der Waals surface area (Å²) in [5.74, 6) is -0.187. The highest BCUT2D eigenvalue weighted by Crippen LogP contribution is 2.18. The predicted molar refractivity (Wildman–Crippen MR) is 115 cm³/mol. The van der Waals surface area contributed by atoms with Crippen LogP contribution in [0.25, 0.3) is 0 Å². The number of hydrogen-bond donors (Lipinski definition) is 3. The van der Waals surface area contributed by atoms with Crippen LogP contribution in [-0.2, 0) is 6.54 Å². The summed E-state index contributed by atoms with van der Waals surface area (Å²) in [6, 6.07) is 25.0. The summed E-state index contributed by atoms with van der Waals surface area (Å²) in [4.78, 5) is 12.7. The van der Waals surface area contributed by atoms with Crippen molar-refractivity contribution in [1.82, 2.24) is 5.32 Å². The molecule has 0 fully saturated rings. The Balaban J connectivity index is 1.65. The zero-order valence-electron chi connectivity index (χ0n) is 15.0. The van der Waals surface area contributed by atoms with E-state index >= 15 is 0 Å². The molecule has 0 bridgehead atoms. The smallest absolute Gasteiger partial charge is 0.257 e. The van der Waals surface area contributed by atoms with Crippen molar-refractivity contribution >= 4 is 34.6 Å². The molecule has 0 aromatic heterocycles. The monoisotopic (exact) mass is 375 g/mol. The van der Waals surface area contributed by atoms with Crippen LogP contribution in [0.15, 0.2) is 78.9 Å². The quantitative estimate of drug-likeness (QED) is 0.564. The van der Waals surface area contributed by atoms with E-state index in [-0.39, 0.29) is 5.91 Å². The van der Waals surface area contributed by atoms with Crippen molar-refractivity contribution < 1.29 is 4.79 Å². The summed E-state index contributed by atoms with van der Waals surface area (Å²) in [6.07, 6.45) is 0. The number of aryl methyl sites for hydroxylation is 1. The average Bonchev–Trinajstić information content (AvgIpc) is 2.69. The van der Waals surface area contributed by atoms with Gasteiger partial charge in [0.25, 0.3) is 5.91 Å². The molecule has 3 rings (SSSR count). The molecule has 0 spiro atoms. The summed E-state index contributed by atoms with van der Waals surface area (Å²) in [5, 5.41) is 9.66. The van der Waals surface area contributed by atoms with Gasteiger partial charge in [0.05, 0.1) is 11.3 Å². The number of anilines is 2. The molecule has 3 N–H and O–H groups in total. The minimum absolute atomic E-state index is 0.187. The minimum Gasteiger partial charge on any atom is -0.358 e. The molecule has 0 atom stereocenters. The van der Waals surface area contributed by atoms with Gasteiger partial charge in [-0.05, 0) is 49.0 Å². The van der Waals surface area contributed by atoms with Crippen LogP contribution >= 0.6 is 12.2 Å². The lowest BCUT2D eigenvalue weighted by atomic mass is 10.1. The number of rotatable bonds is 5. The van der Waals surface area contributed by atoms with Crippen molar-refractivity contribution in [2.24, 2.45) is 0 Å². The number of benzene rings is 3. The Morgan fingerprint density at radius 3 is 2.26 bits per heavy atom. The number of hydrogen-bond acceptors (Lipinski definition) is 2. The molecular weight excluding hydrogens is 354 g/mol. The van der Waals surface area contributed by atoms with E-state index in [4.69, 9.17) is 12.2 Å². The van der Waals surface area contributed by atoms with E-state index in [0.717, 1.165) is 16.8 Å². The molecule has 0 aliphatic heterocycles. The molecule has 27 heavy (non-hydrogen) atoms. The summed E-state index contributed by atoms with van der Waals surface area (Å²) in [7, 11) is 0. The van der Waals surface area contributed by atoms with Crippen LogP contribution in [0.5, 0.6) is 0 Å². The van der Waals surface area contributed by atoms with Gasteiger partial charge in [0.2, 0.25) is 0 Å². The van der Waals surface area contributed by atoms with Gasteiger partial charge in [0.1, 0.15) is 0 Å². The Labute approximate surface area is 164 Å². The Morgan fingerprint density at radius 2 is 1.52 bits per heavy atom. The molecule has 0 aliphatic rings. The molecule has 136 valence electrons. The summed E-state index contributed by atoms with van der Waals surface area (Å²) >= 11 is 5.37. The maximum atomic E-state index is 12.7. The van der Waals surface area contributed by atoms with Crippen LogP contribution in [-0.4, -0.2) is 11.0 Å². The maximum absolute atomic E-state index is 12.7. The normalized spacial score (nSPS) is 10.1. The second kappa shape index (κ2) is 8.96. The fourth-order valence-electron chi connectivity index (χ4n) is 2.57. The average molecular weight is 375 g/mol. The SMILES string of the molecule is Cc1ccc(NC(=O)c2ccccc2NC(=S)NCc2ccccc2)cc1. The lowest BCUT2D eigenvalue weighted by Gasteiger charge is -2.14. The molecule has 0 unspecified atom stereocenters. The Hall–Kier alpha value is -3.18. The second-order valence-corrected chi connectivity index (χ2v) is 6.57. The summed E-state index contributed by atoms with van der Waals surface area (Å²) in [5.41, 5.74) is 4.22. The standard InChI is InChI=1S/C22H21N3OS/c1-16-11-13-18(14-12-16)24-21(26)19-9-5-6-10-20(19)25-22(27)23-15-17-7-3-2-4-8-17/h2-14H,15H2,1H3,(H,24,26)(H2,23,25,27). The van der Waals surface area contributed by atoms with Gasteiger partial charge in [-0.15, -0.1) is 0 Å². The first-order chi connectivity index (χ1) is 13.1. The van der Waals surface area contributed by atoms with Gasteiger partial charge in [-0.2, -0.15) is 0 Å². The highest BCUT2D eigenvalue weighted by molar-refractivity contribution is 7.80. The number of nitrogens with one attached hydrogen (secondary N) is 3. The molecule has 0 heterocycles. The van der Waals surface area contributed by atoms with E-state index in [1.54, 1.807) is 6.07 Å². The third-order valence-electron chi connectivity index (χ3n) is 4.03. The number of carbonyl (C=O) groups is 1. The van der Waals surface area contributed by atoms with Crippen molar-refractivity contribution in [2.75, 3.05) is 10.6 Å². The lowest BCUT2D eigenvalue weighted by Crippen LogP contribution is -2.29. The van der Waals surface area contributed by atoms with Gasteiger partial charge < -0.3 is 16.0 Å². The van der Waals surface area contributed by atoms with E-state index in [0.29, 0.717) is 22.9 Å². The van der Waals surface area contributed by atoms with Crippen molar-refractivity contribution in [3.63, 3.8) is 0 Å². The molecule has 3 aromatic rings. The van der Waals surface area contributed by atoms with Crippen LogP contribution in [0, 0.1) is 6.92 Å². The fraction of sp³-hybridized carbons (Fsp3) is 0.0909. The van der Waals surface area contributed by atoms with Crippen LogP contribution in [0.4, 0.5) is 11.4 Å². The van der Waals surface area contributed by atoms with Crippen molar-refractivity contribution in [3.8, 4) is 0 Å². The summed E-state index contributed by atoms with van der Waals surface area (Å²) in [6.45, 7) is 2.62. The Morgan fingerprint density at radius 1 is 0.852 bits per heavy atom. The Kier molecular flexibility index (Phi) is 6.18. The van der Waals surface area contributed by atoms with E-state index in [1.165, 1.54) is 0 Å². The molecule has 4 nitrogen and oxygen atoms in total. The molecule has 0 radical (unpaired) electrons. The van der Waals surface area contributed by atoms with Crippen LogP contribution in [0.3, 0.4) is 0 Å². The van der Waals surface area contributed by atoms with Crippen molar-refractivity contribution in [3.05, 3.63) is 95.6 Å². The molecule has 5 heteroatoms. The van der Waals surface area contributed by atoms with E-state index in [1.807, 2.05) is 79.7 Å². The number of para-hydroxylation sites is 1. The third-order valence-corrected chi connectivity index (χ3v) is 4.27. The summed E-state index contributed by atoms with van der Waals surface area (Å²) < 4.78 is 0. The number of carbonyl (C=O) groups excluding carboxylic acids is 1. The van der Waals surface area contributed by atoms with E-state index in [2.05, 4.69) is 16.0 Å². The zero-order valence-corrected chi connectivity index (χ0v) is 15.8. The van der Waals surface area contributed by atoms with Gasteiger partial charge in [-0.1, -0.05) is 60.2 Å². The van der Waals surface area contributed by atoms with E-state index in [9.17, 15) is 4.79 Å². The van der Waals surface area contributed by atoms with Crippen LogP contribution < -0.4 is 16.0 Å². The largest absolute Gasteiger partial charge is 0.358 e. The van der Waals surface area contributed by atoms with Gasteiger partial charge in [0.15, 0.2) is 5.11 Å². The first-order valence-corrected chi connectivity index (χ1v) is 9.08. The minimum atomic E-state index is -0.187. The first kappa shape index (κ1) is 18.6. The van der Waals surface area contributed by atoms with Crippen molar-refractivity contribution in [2.45, 2.75) is 13.5 Å². The van der Waals surface area contributed by atoms with Gasteiger partial charge in [-0.3, -0.25) is 4.79 Å². The van der Waals surface area contributed by atoms with E-state index < -0.39 is 0 Å². The second-order valence-electron chi connectivity index (χ2n) is 6.16. The first-order valence-electron chi connectivity index (χ1n) is 8.67. The number of thiocarbonyl (C=S) groups is 1. The fourth-order valence-corrected chi connectivity index (χ4v) is 2.75. The zero-order chi connectivity index (χ0) is 19.1. The number of amides is 1. The van der Waals surface area contributed by atoms with Gasteiger partial charge >= 0.3 is 0 Å². The van der Waals surface area contributed by atoms with Gasteiger partial charge in [0, 0.05) is 12.2 Å². The highest BCUT2D eigenvalue weighted by Gasteiger charge is 2.12. The third kappa shape index (κ3) is 5.39. The topological polar surface area (TPSA) is 53.2 Å². The Bertz CT molecular complexity index is 924. The van der Waals surface area contributed by atoms with Crippen LogP contribution in [0.2, 0.25) is 0 Å².